The predicted octanol–water partition coefficient (Wildman–Crippen LogP) is 5.00. The molecule has 0 radical (unpaired) electrons. The first-order valence-corrected chi connectivity index (χ1v) is 9.30. The summed E-state index contributed by atoms with van der Waals surface area (Å²) in [6.45, 7) is 3.69. The second-order valence-electron chi connectivity index (χ2n) is 6.11. The van der Waals surface area contributed by atoms with Crippen molar-refractivity contribution in [3.05, 3.63) is 75.0 Å². The molecule has 0 saturated heterocycles. The average Bonchev–Trinajstić information content (AvgIpc) is 3.03. The molecule has 136 valence electrons. The summed E-state index contributed by atoms with van der Waals surface area (Å²) in [5.74, 6) is -0.383. The molecule has 2 aromatic carbocycles. The third-order valence-electron chi connectivity index (χ3n) is 4.11. The van der Waals surface area contributed by atoms with Crippen LogP contribution in [0.2, 0.25) is 5.02 Å². The second kappa shape index (κ2) is 6.75. The third-order valence-corrected chi connectivity index (χ3v) is 5.37. The van der Waals surface area contributed by atoms with Gasteiger partial charge in [-0.05, 0) is 43.2 Å². The molecule has 0 unspecified atom stereocenters. The summed E-state index contributed by atoms with van der Waals surface area (Å²) < 4.78 is 15.8. The van der Waals surface area contributed by atoms with Gasteiger partial charge in [0.15, 0.2) is 10.8 Å². The van der Waals surface area contributed by atoms with Gasteiger partial charge < -0.3 is 5.32 Å². The number of aryl methyl sites for hydroxylation is 2. The van der Waals surface area contributed by atoms with Crippen LogP contribution < -0.4 is 10.9 Å². The number of halogens is 2. The van der Waals surface area contributed by atoms with Crippen molar-refractivity contribution in [2.45, 2.75) is 13.8 Å². The van der Waals surface area contributed by atoms with Crippen LogP contribution >= 0.6 is 22.9 Å². The lowest BCUT2D eigenvalue weighted by Gasteiger charge is -2.10. The van der Waals surface area contributed by atoms with Crippen molar-refractivity contribution in [1.29, 1.82) is 0 Å². The lowest BCUT2D eigenvalue weighted by atomic mass is 10.2. The Bertz CT molecular complexity index is 1210. The van der Waals surface area contributed by atoms with Crippen LogP contribution in [0, 0.1) is 19.7 Å². The van der Waals surface area contributed by atoms with Gasteiger partial charge in [-0.15, -0.1) is 0 Å². The van der Waals surface area contributed by atoms with Crippen LogP contribution in [-0.2, 0) is 0 Å². The number of nitrogens with zero attached hydrogens (tertiary/aromatic N) is 3. The van der Waals surface area contributed by atoms with E-state index in [1.807, 2.05) is 26.0 Å². The van der Waals surface area contributed by atoms with Crippen LogP contribution in [0.3, 0.4) is 0 Å². The van der Waals surface area contributed by atoms with Crippen LogP contribution in [-0.4, -0.2) is 14.5 Å². The fourth-order valence-electron chi connectivity index (χ4n) is 2.79. The van der Waals surface area contributed by atoms with E-state index in [9.17, 15) is 9.18 Å². The number of thiazole rings is 1. The van der Waals surface area contributed by atoms with Crippen LogP contribution in [0.1, 0.15) is 11.1 Å². The summed E-state index contributed by atoms with van der Waals surface area (Å²) in [4.78, 5) is 21.5. The monoisotopic (exact) mass is 400 g/mol. The van der Waals surface area contributed by atoms with Crippen LogP contribution in [0.5, 0.6) is 0 Å². The van der Waals surface area contributed by atoms with Crippen LogP contribution in [0.25, 0.3) is 16.0 Å². The first kappa shape index (κ1) is 17.6. The summed E-state index contributed by atoms with van der Waals surface area (Å²) >= 11 is 7.40. The molecule has 0 fully saturated rings. The minimum atomic E-state index is -0.383. The second-order valence-corrected chi connectivity index (χ2v) is 7.51. The standard InChI is InChI=1S/C19H14ClFN4OS/c1-10-6-7-14(13(21)8-10)23-19-24-17-16(27-19)18(26)25(9-22-17)15-11(2)4-3-5-12(15)20/h3-9H,1-2H3,(H,23,24). The Morgan fingerprint density at radius 2 is 2.04 bits per heavy atom. The van der Waals surface area contributed by atoms with E-state index in [0.717, 1.165) is 22.5 Å². The predicted molar refractivity (Wildman–Crippen MR) is 107 cm³/mol. The minimum Gasteiger partial charge on any atom is -0.329 e. The number of aromatic nitrogens is 3. The number of para-hydroxylation sites is 1. The summed E-state index contributed by atoms with van der Waals surface area (Å²) in [5.41, 5.74) is 2.59. The molecule has 0 aliphatic heterocycles. The SMILES string of the molecule is Cc1ccc(Nc2nc3ncn(-c4c(C)cccc4Cl)c(=O)c3s2)c(F)c1. The Labute approximate surface area is 163 Å². The van der Waals surface area contributed by atoms with Crippen molar-refractivity contribution >= 4 is 44.1 Å². The molecular formula is C19H14ClFN4OS. The van der Waals surface area contributed by atoms with E-state index in [4.69, 9.17) is 11.6 Å². The number of fused-ring (bicyclic) bond motifs is 1. The van der Waals surface area contributed by atoms with Crippen molar-refractivity contribution in [3.8, 4) is 5.69 Å². The zero-order chi connectivity index (χ0) is 19.1. The summed E-state index contributed by atoms with van der Waals surface area (Å²) in [6.07, 6.45) is 1.41. The van der Waals surface area contributed by atoms with E-state index in [2.05, 4.69) is 15.3 Å². The normalized spacial score (nSPS) is 11.1. The van der Waals surface area contributed by atoms with Gasteiger partial charge in [-0.2, -0.15) is 4.98 Å². The van der Waals surface area contributed by atoms with Gasteiger partial charge >= 0.3 is 0 Å². The largest absolute Gasteiger partial charge is 0.329 e. The molecule has 0 aliphatic rings. The van der Waals surface area contributed by atoms with Gasteiger partial charge in [0, 0.05) is 0 Å². The highest BCUT2D eigenvalue weighted by molar-refractivity contribution is 7.22. The molecule has 2 heterocycles. The fraction of sp³-hybridized carbons (Fsp3) is 0.105. The van der Waals surface area contributed by atoms with E-state index >= 15 is 0 Å². The Morgan fingerprint density at radius 3 is 2.78 bits per heavy atom. The topological polar surface area (TPSA) is 59.8 Å². The van der Waals surface area contributed by atoms with Crippen molar-refractivity contribution in [3.63, 3.8) is 0 Å². The first-order chi connectivity index (χ1) is 12.9. The molecule has 4 rings (SSSR count). The summed E-state index contributed by atoms with van der Waals surface area (Å²) in [5, 5.41) is 3.77. The molecule has 1 N–H and O–H groups in total. The number of benzene rings is 2. The maximum atomic E-state index is 14.1. The van der Waals surface area contributed by atoms with E-state index in [-0.39, 0.29) is 11.4 Å². The molecule has 0 aliphatic carbocycles. The molecule has 0 amide bonds. The number of hydrogen-bond donors (Lipinski definition) is 1. The molecule has 5 nitrogen and oxygen atoms in total. The van der Waals surface area contributed by atoms with E-state index < -0.39 is 0 Å². The quantitative estimate of drug-likeness (QED) is 0.526. The highest BCUT2D eigenvalue weighted by Crippen LogP contribution is 2.28. The summed E-state index contributed by atoms with van der Waals surface area (Å²) in [7, 11) is 0. The van der Waals surface area contributed by atoms with Gasteiger partial charge in [-0.1, -0.05) is 41.1 Å². The fourth-order valence-corrected chi connectivity index (χ4v) is 3.97. The van der Waals surface area contributed by atoms with Crippen molar-refractivity contribution < 1.29 is 4.39 Å². The summed E-state index contributed by atoms with van der Waals surface area (Å²) in [6, 6.07) is 10.3. The van der Waals surface area contributed by atoms with E-state index in [1.54, 1.807) is 18.2 Å². The lowest BCUT2D eigenvalue weighted by molar-refractivity contribution is 0.630. The van der Waals surface area contributed by atoms with Gasteiger partial charge in [0.05, 0.1) is 16.4 Å². The first-order valence-electron chi connectivity index (χ1n) is 8.11. The molecule has 0 bridgehead atoms. The van der Waals surface area contributed by atoms with Crippen molar-refractivity contribution in [1.82, 2.24) is 14.5 Å². The molecular weight excluding hydrogens is 387 g/mol. The van der Waals surface area contributed by atoms with Crippen molar-refractivity contribution in [2.24, 2.45) is 0 Å². The van der Waals surface area contributed by atoms with Crippen LogP contribution in [0.15, 0.2) is 47.5 Å². The maximum Gasteiger partial charge on any atom is 0.277 e. The number of hydrogen-bond acceptors (Lipinski definition) is 5. The molecule has 4 aromatic rings. The lowest BCUT2D eigenvalue weighted by Crippen LogP contribution is -2.19. The van der Waals surface area contributed by atoms with Gasteiger partial charge in [0.2, 0.25) is 0 Å². The smallest absolute Gasteiger partial charge is 0.277 e. The molecule has 0 atom stereocenters. The third kappa shape index (κ3) is 3.20. The zero-order valence-electron chi connectivity index (χ0n) is 14.5. The zero-order valence-corrected chi connectivity index (χ0v) is 16.0. The highest BCUT2D eigenvalue weighted by atomic mass is 35.5. The highest BCUT2D eigenvalue weighted by Gasteiger charge is 2.15. The molecule has 8 heteroatoms. The maximum absolute atomic E-state index is 14.1. The van der Waals surface area contributed by atoms with Gasteiger partial charge in [0.1, 0.15) is 16.8 Å². The Balaban J connectivity index is 1.80. The Morgan fingerprint density at radius 1 is 1.22 bits per heavy atom. The van der Waals surface area contributed by atoms with E-state index in [1.165, 1.54) is 17.0 Å². The molecule has 0 saturated carbocycles. The number of rotatable bonds is 3. The van der Waals surface area contributed by atoms with Crippen molar-refractivity contribution in [2.75, 3.05) is 5.32 Å². The Kier molecular flexibility index (Phi) is 4.41. The van der Waals surface area contributed by atoms with Gasteiger partial charge in [-0.25, -0.2) is 9.37 Å². The Hall–Kier alpha value is -2.77. The van der Waals surface area contributed by atoms with E-state index in [0.29, 0.717) is 31.9 Å². The molecule has 0 spiro atoms. The molecule has 27 heavy (non-hydrogen) atoms. The average molecular weight is 401 g/mol. The molecule has 2 aromatic heterocycles. The minimum absolute atomic E-state index is 0.272. The number of nitrogens with one attached hydrogen (secondary N) is 1. The van der Waals surface area contributed by atoms with Crippen LogP contribution in [0.4, 0.5) is 15.2 Å². The van der Waals surface area contributed by atoms with Gasteiger partial charge in [0.25, 0.3) is 5.56 Å². The number of anilines is 2. The van der Waals surface area contributed by atoms with Gasteiger partial charge in [-0.3, -0.25) is 9.36 Å².